The summed E-state index contributed by atoms with van der Waals surface area (Å²) < 4.78 is 2.18. The molecule has 4 rings (SSSR count). The molecule has 0 aliphatic heterocycles. The van der Waals surface area contributed by atoms with Crippen molar-refractivity contribution >= 4 is 33.9 Å². The van der Waals surface area contributed by atoms with E-state index in [0.717, 1.165) is 23.2 Å². The quantitative estimate of drug-likeness (QED) is 0.259. The first-order chi connectivity index (χ1) is 13.7. The third-order valence-corrected chi connectivity index (χ3v) is 6.93. The highest BCUT2D eigenvalue weighted by molar-refractivity contribution is 7.98. The largest absolute Gasteiger partial charge is 0.298 e. The number of benzene rings is 2. The molecule has 4 aromatic rings. The van der Waals surface area contributed by atoms with Crippen LogP contribution in [0.2, 0.25) is 0 Å². The zero-order valence-electron chi connectivity index (χ0n) is 16.2. The molecule has 0 bridgehead atoms. The van der Waals surface area contributed by atoms with E-state index in [1.807, 2.05) is 6.08 Å². The minimum Gasteiger partial charge on any atom is -0.298 e. The molecule has 0 amide bonds. The van der Waals surface area contributed by atoms with Gasteiger partial charge in [0.15, 0.2) is 11.0 Å². The predicted molar refractivity (Wildman–Crippen MR) is 121 cm³/mol. The number of rotatable bonds is 7. The number of hydrogen-bond acceptors (Lipinski definition) is 4. The number of aryl methyl sites for hydroxylation is 1. The van der Waals surface area contributed by atoms with Gasteiger partial charge in [0, 0.05) is 28.1 Å². The predicted octanol–water partition coefficient (Wildman–Crippen LogP) is 6.51. The Kier molecular flexibility index (Phi) is 5.64. The molecule has 0 aliphatic rings. The van der Waals surface area contributed by atoms with Gasteiger partial charge in [0.1, 0.15) is 0 Å². The Bertz CT molecular complexity index is 1120. The zero-order valence-corrected chi connectivity index (χ0v) is 17.8. The van der Waals surface area contributed by atoms with E-state index in [1.165, 1.54) is 32.3 Å². The average Bonchev–Trinajstić information content (AvgIpc) is 3.29. The van der Waals surface area contributed by atoms with E-state index < -0.39 is 0 Å². The van der Waals surface area contributed by atoms with Gasteiger partial charge in [-0.05, 0) is 35.2 Å². The van der Waals surface area contributed by atoms with E-state index in [1.54, 1.807) is 23.1 Å². The minimum atomic E-state index is 0.707. The van der Waals surface area contributed by atoms with E-state index in [0.29, 0.717) is 6.54 Å². The van der Waals surface area contributed by atoms with Crippen molar-refractivity contribution in [3.05, 3.63) is 76.5 Å². The van der Waals surface area contributed by atoms with Crippen LogP contribution < -0.4 is 0 Å². The zero-order chi connectivity index (χ0) is 19.5. The van der Waals surface area contributed by atoms with Crippen molar-refractivity contribution in [2.24, 2.45) is 0 Å². The minimum absolute atomic E-state index is 0.707. The van der Waals surface area contributed by atoms with Gasteiger partial charge in [0.2, 0.25) is 0 Å². The Morgan fingerprint density at radius 3 is 2.79 bits per heavy atom. The van der Waals surface area contributed by atoms with Crippen LogP contribution in [0.25, 0.3) is 22.2 Å². The van der Waals surface area contributed by atoms with Crippen LogP contribution in [0.5, 0.6) is 0 Å². The van der Waals surface area contributed by atoms with Gasteiger partial charge in [0.05, 0.1) is 0 Å². The highest BCUT2D eigenvalue weighted by Gasteiger charge is 2.18. The maximum absolute atomic E-state index is 4.55. The summed E-state index contributed by atoms with van der Waals surface area (Å²) in [6.07, 6.45) is 2.92. The van der Waals surface area contributed by atoms with Gasteiger partial charge in [-0.2, -0.15) is 0 Å². The number of thioether (sulfide) groups is 1. The van der Waals surface area contributed by atoms with Crippen molar-refractivity contribution in [2.45, 2.75) is 37.7 Å². The first kappa shape index (κ1) is 19.0. The number of hydrogen-bond donors (Lipinski definition) is 0. The van der Waals surface area contributed by atoms with E-state index in [4.69, 9.17) is 0 Å². The van der Waals surface area contributed by atoms with Crippen LogP contribution in [0.1, 0.15) is 22.9 Å². The van der Waals surface area contributed by atoms with Crippen molar-refractivity contribution < 1.29 is 0 Å². The molecule has 142 valence electrons. The van der Waals surface area contributed by atoms with E-state index in [2.05, 4.69) is 83.0 Å². The van der Waals surface area contributed by atoms with Crippen LogP contribution in [0.4, 0.5) is 0 Å². The Labute approximate surface area is 174 Å². The fourth-order valence-electron chi connectivity index (χ4n) is 3.56. The Balaban J connectivity index is 1.67. The fourth-order valence-corrected chi connectivity index (χ4v) is 5.45. The van der Waals surface area contributed by atoms with E-state index in [9.17, 15) is 0 Å². The second kappa shape index (κ2) is 8.33. The van der Waals surface area contributed by atoms with Crippen LogP contribution in [0, 0.1) is 6.92 Å². The molecule has 0 atom stereocenters. The molecule has 0 unspecified atom stereocenters. The lowest BCUT2D eigenvalue weighted by molar-refractivity contribution is 0.730. The highest BCUT2D eigenvalue weighted by Crippen LogP contribution is 2.34. The summed E-state index contributed by atoms with van der Waals surface area (Å²) in [7, 11) is 0. The summed E-state index contributed by atoms with van der Waals surface area (Å²) in [4.78, 5) is 1.36. The summed E-state index contributed by atoms with van der Waals surface area (Å²) in [5.41, 5.74) is 3.89. The Morgan fingerprint density at radius 1 is 1.14 bits per heavy atom. The molecular formula is C23H23N3S2. The Hall–Kier alpha value is -2.37. The molecule has 3 nitrogen and oxygen atoms in total. The Morgan fingerprint density at radius 2 is 1.96 bits per heavy atom. The van der Waals surface area contributed by atoms with Gasteiger partial charge in [-0.3, -0.25) is 4.57 Å². The monoisotopic (exact) mass is 405 g/mol. The lowest BCUT2D eigenvalue weighted by Gasteiger charge is -2.09. The number of thiophene rings is 1. The number of nitrogens with zero attached hydrogens (tertiary/aromatic N) is 3. The third kappa shape index (κ3) is 3.52. The van der Waals surface area contributed by atoms with Crippen molar-refractivity contribution in [1.82, 2.24) is 14.8 Å². The van der Waals surface area contributed by atoms with Gasteiger partial charge < -0.3 is 0 Å². The van der Waals surface area contributed by atoms with Gasteiger partial charge in [-0.25, -0.2) is 0 Å². The highest BCUT2D eigenvalue weighted by atomic mass is 32.2. The summed E-state index contributed by atoms with van der Waals surface area (Å²) in [5, 5.41) is 14.8. The third-order valence-electron chi connectivity index (χ3n) is 4.96. The first-order valence-corrected chi connectivity index (χ1v) is 11.3. The number of allylic oxidation sites excluding steroid dienone is 1. The van der Waals surface area contributed by atoms with Gasteiger partial charge in [0.25, 0.3) is 0 Å². The fraction of sp³-hybridized carbons (Fsp3) is 0.217. The molecule has 0 saturated carbocycles. The summed E-state index contributed by atoms with van der Waals surface area (Å²) in [6, 6.07) is 15.0. The van der Waals surface area contributed by atoms with Crippen LogP contribution in [0.15, 0.2) is 65.7 Å². The first-order valence-electron chi connectivity index (χ1n) is 9.43. The van der Waals surface area contributed by atoms with Crippen LogP contribution in [0.3, 0.4) is 0 Å². The van der Waals surface area contributed by atoms with Crippen molar-refractivity contribution in [3.8, 4) is 11.4 Å². The molecule has 0 aliphatic carbocycles. The summed E-state index contributed by atoms with van der Waals surface area (Å²) in [6.45, 7) is 9.02. The maximum Gasteiger partial charge on any atom is 0.192 e. The standard InChI is InChI=1S/C23H23N3S2/c1-4-13-26-22(21-15-27-16(3)19(21)5-2)24-25-23(26)28-14-18-11-8-10-17-9-6-7-12-20(17)18/h4,6-12,15H,1,5,13-14H2,2-3H3. The lowest BCUT2D eigenvalue weighted by Crippen LogP contribution is -2.01. The van der Waals surface area contributed by atoms with Crippen molar-refractivity contribution in [3.63, 3.8) is 0 Å². The summed E-state index contributed by atoms with van der Waals surface area (Å²) in [5.74, 6) is 1.81. The number of fused-ring (bicyclic) bond motifs is 1. The van der Waals surface area contributed by atoms with E-state index in [-0.39, 0.29) is 0 Å². The smallest absolute Gasteiger partial charge is 0.192 e. The van der Waals surface area contributed by atoms with Crippen molar-refractivity contribution in [1.29, 1.82) is 0 Å². The molecule has 0 saturated heterocycles. The van der Waals surface area contributed by atoms with E-state index >= 15 is 0 Å². The molecule has 0 radical (unpaired) electrons. The maximum atomic E-state index is 4.55. The SMILES string of the molecule is C=CCn1c(SCc2cccc3ccccc23)nnc1-c1csc(C)c1CC. The van der Waals surface area contributed by atoms with Gasteiger partial charge >= 0.3 is 0 Å². The second-order valence-electron chi connectivity index (χ2n) is 6.67. The molecular weight excluding hydrogens is 382 g/mol. The van der Waals surface area contributed by atoms with Gasteiger partial charge in [-0.15, -0.1) is 28.1 Å². The van der Waals surface area contributed by atoms with Crippen LogP contribution in [-0.2, 0) is 18.7 Å². The molecule has 0 fully saturated rings. The van der Waals surface area contributed by atoms with Gasteiger partial charge in [-0.1, -0.05) is 67.2 Å². The second-order valence-corrected chi connectivity index (χ2v) is 8.70. The normalized spacial score (nSPS) is 11.2. The molecule has 0 spiro atoms. The summed E-state index contributed by atoms with van der Waals surface area (Å²) >= 11 is 3.52. The molecule has 2 aromatic heterocycles. The molecule has 28 heavy (non-hydrogen) atoms. The molecule has 2 heterocycles. The molecule has 5 heteroatoms. The van der Waals surface area contributed by atoms with Crippen LogP contribution in [-0.4, -0.2) is 14.8 Å². The number of aromatic nitrogens is 3. The average molecular weight is 406 g/mol. The molecule has 2 aromatic carbocycles. The van der Waals surface area contributed by atoms with Crippen LogP contribution >= 0.6 is 23.1 Å². The topological polar surface area (TPSA) is 30.7 Å². The molecule has 0 N–H and O–H groups in total. The lowest BCUT2D eigenvalue weighted by atomic mass is 10.1. The van der Waals surface area contributed by atoms with Crippen molar-refractivity contribution in [2.75, 3.05) is 0 Å².